The van der Waals surface area contributed by atoms with Crippen molar-refractivity contribution >= 4 is 0 Å². The third-order valence-corrected chi connectivity index (χ3v) is 1.87. The van der Waals surface area contributed by atoms with E-state index >= 15 is 0 Å². The van der Waals surface area contributed by atoms with Gasteiger partial charge in [0.2, 0.25) is 0 Å². The van der Waals surface area contributed by atoms with Crippen molar-refractivity contribution in [3.05, 3.63) is 29.3 Å². The third-order valence-electron chi connectivity index (χ3n) is 1.87. The molecule has 0 aliphatic carbocycles. The van der Waals surface area contributed by atoms with E-state index in [2.05, 4.69) is 0 Å². The Labute approximate surface area is 81.1 Å². The summed E-state index contributed by atoms with van der Waals surface area (Å²) in [6, 6.07) is 2.34. The molecule has 2 nitrogen and oxygen atoms in total. The SMILES string of the molecule is COc1ccc(F)c(CC(C)O)c1F. The number of benzene rings is 1. The zero-order valence-corrected chi connectivity index (χ0v) is 8.05. The van der Waals surface area contributed by atoms with E-state index in [1.54, 1.807) is 0 Å². The maximum absolute atomic E-state index is 13.4. The number of ether oxygens (including phenoxy) is 1. The number of methoxy groups -OCH3 is 1. The van der Waals surface area contributed by atoms with Gasteiger partial charge in [-0.25, -0.2) is 8.78 Å². The van der Waals surface area contributed by atoms with Gasteiger partial charge in [-0.2, -0.15) is 0 Å². The van der Waals surface area contributed by atoms with Crippen molar-refractivity contribution in [3.63, 3.8) is 0 Å². The summed E-state index contributed by atoms with van der Waals surface area (Å²) in [5.41, 5.74) is -0.139. The lowest BCUT2D eigenvalue weighted by Gasteiger charge is -2.09. The van der Waals surface area contributed by atoms with Gasteiger partial charge in [0.1, 0.15) is 5.82 Å². The summed E-state index contributed by atoms with van der Waals surface area (Å²) in [4.78, 5) is 0. The van der Waals surface area contributed by atoms with Gasteiger partial charge in [0, 0.05) is 12.0 Å². The van der Waals surface area contributed by atoms with E-state index in [1.165, 1.54) is 20.1 Å². The van der Waals surface area contributed by atoms with Crippen molar-refractivity contribution in [1.82, 2.24) is 0 Å². The number of rotatable bonds is 3. The first-order valence-corrected chi connectivity index (χ1v) is 4.25. The molecule has 14 heavy (non-hydrogen) atoms. The Hall–Kier alpha value is -1.16. The summed E-state index contributed by atoms with van der Waals surface area (Å²) in [6.07, 6.45) is -0.847. The van der Waals surface area contributed by atoms with Crippen LogP contribution in [0.5, 0.6) is 5.75 Å². The van der Waals surface area contributed by atoms with E-state index in [1.807, 2.05) is 0 Å². The molecule has 0 spiro atoms. The smallest absolute Gasteiger partial charge is 0.171 e. The third kappa shape index (κ3) is 2.20. The van der Waals surface area contributed by atoms with E-state index in [9.17, 15) is 8.78 Å². The van der Waals surface area contributed by atoms with Crippen LogP contribution in [-0.4, -0.2) is 18.3 Å². The van der Waals surface area contributed by atoms with Crippen LogP contribution < -0.4 is 4.74 Å². The molecule has 1 unspecified atom stereocenters. The van der Waals surface area contributed by atoms with Gasteiger partial charge >= 0.3 is 0 Å². The van der Waals surface area contributed by atoms with Gasteiger partial charge in [-0.15, -0.1) is 0 Å². The van der Waals surface area contributed by atoms with Gasteiger partial charge in [0.05, 0.1) is 13.2 Å². The van der Waals surface area contributed by atoms with Crippen LogP contribution in [0.15, 0.2) is 12.1 Å². The lowest BCUT2D eigenvalue weighted by molar-refractivity contribution is 0.192. The second-order valence-electron chi connectivity index (χ2n) is 3.10. The fourth-order valence-electron chi connectivity index (χ4n) is 1.22. The van der Waals surface area contributed by atoms with Crippen molar-refractivity contribution in [1.29, 1.82) is 0 Å². The molecular formula is C10H12F2O2. The lowest BCUT2D eigenvalue weighted by Crippen LogP contribution is -2.09. The summed E-state index contributed by atoms with van der Waals surface area (Å²) in [5.74, 6) is -1.42. The van der Waals surface area contributed by atoms with E-state index in [-0.39, 0.29) is 17.7 Å². The van der Waals surface area contributed by atoms with Crippen LogP contribution in [0.2, 0.25) is 0 Å². The van der Waals surface area contributed by atoms with Crippen molar-refractivity contribution in [3.8, 4) is 5.75 Å². The molecule has 0 fully saturated rings. The second-order valence-corrected chi connectivity index (χ2v) is 3.10. The van der Waals surface area contributed by atoms with Crippen LogP contribution in [0, 0.1) is 11.6 Å². The van der Waals surface area contributed by atoms with E-state index < -0.39 is 17.7 Å². The molecule has 4 heteroatoms. The normalized spacial score (nSPS) is 12.6. The number of aliphatic hydroxyl groups is 1. The molecule has 78 valence electrons. The predicted molar refractivity (Wildman–Crippen MR) is 48.3 cm³/mol. The van der Waals surface area contributed by atoms with Gasteiger partial charge in [0.25, 0.3) is 0 Å². The molecular weight excluding hydrogens is 190 g/mol. The molecule has 1 rings (SSSR count). The Kier molecular flexibility index (Phi) is 3.41. The topological polar surface area (TPSA) is 29.5 Å². The molecule has 0 radical (unpaired) electrons. The number of hydrogen-bond donors (Lipinski definition) is 1. The van der Waals surface area contributed by atoms with Crippen molar-refractivity contribution in [2.24, 2.45) is 0 Å². The second kappa shape index (κ2) is 4.37. The fourth-order valence-corrected chi connectivity index (χ4v) is 1.22. The zero-order chi connectivity index (χ0) is 10.7. The Morgan fingerprint density at radius 1 is 1.43 bits per heavy atom. The molecule has 1 N–H and O–H groups in total. The first kappa shape index (κ1) is 10.9. The van der Waals surface area contributed by atoms with Gasteiger partial charge < -0.3 is 9.84 Å². The number of aliphatic hydroxyl groups excluding tert-OH is 1. The van der Waals surface area contributed by atoms with Crippen LogP contribution >= 0.6 is 0 Å². The molecule has 0 saturated carbocycles. The Bertz CT molecular complexity index is 324. The number of halogens is 2. The molecule has 1 aromatic carbocycles. The summed E-state index contributed by atoms with van der Waals surface area (Å²) in [6.45, 7) is 1.47. The summed E-state index contributed by atoms with van der Waals surface area (Å²) in [7, 11) is 1.31. The predicted octanol–water partition coefficient (Wildman–Crippen LogP) is 1.90. The summed E-state index contributed by atoms with van der Waals surface area (Å²) < 4.78 is 31.2. The molecule has 0 amide bonds. The first-order chi connectivity index (χ1) is 6.56. The molecule has 0 bridgehead atoms. The number of hydrogen-bond acceptors (Lipinski definition) is 2. The highest BCUT2D eigenvalue weighted by Crippen LogP contribution is 2.23. The van der Waals surface area contributed by atoms with Crippen LogP contribution in [0.3, 0.4) is 0 Å². The maximum atomic E-state index is 13.4. The highest BCUT2D eigenvalue weighted by Gasteiger charge is 2.15. The average Bonchev–Trinajstić information content (AvgIpc) is 2.12. The van der Waals surface area contributed by atoms with Crippen LogP contribution in [0.1, 0.15) is 12.5 Å². The Morgan fingerprint density at radius 3 is 2.57 bits per heavy atom. The first-order valence-electron chi connectivity index (χ1n) is 4.25. The fraction of sp³-hybridized carbons (Fsp3) is 0.400. The zero-order valence-electron chi connectivity index (χ0n) is 8.05. The van der Waals surface area contributed by atoms with Crippen molar-refractivity contribution < 1.29 is 18.6 Å². The van der Waals surface area contributed by atoms with Gasteiger partial charge in [0.15, 0.2) is 11.6 Å². The molecule has 0 aliphatic heterocycles. The van der Waals surface area contributed by atoms with Crippen LogP contribution in [-0.2, 0) is 6.42 Å². The average molecular weight is 202 g/mol. The van der Waals surface area contributed by atoms with E-state index in [0.717, 1.165) is 6.07 Å². The minimum atomic E-state index is -0.786. The largest absolute Gasteiger partial charge is 0.494 e. The van der Waals surface area contributed by atoms with E-state index in [0.29, 0.717) is 0 Å². The molecule has 0 saturated heterocycles. The Balaban J connectivity index is 3.11. The molecule has 1 atom stereocenters. The highest BCUT2D eigenvalue weighted by molar-refractivity contribution is 5.32. The Morgan fingerprint density at radius 2 is 2.07 bits per heavy atom. The van der Waals surface area contributed by atoms with Crippen LogP contribution in [0.25, 0.3) is 0 Å². The minimum Gasteiger partial charge on any atom is -0.494 e. The standard InChI is InChI=1S/C10H12F2O2/c1-6(13)5-7-8(11)3-4-9(14-2)10(7)12/h3-4,6,13H,5H2,1-2H3. The molecule has 0 heterocycles. The molecule has 0 aromatic heterocycles. The van der Waals surface area contributed by atoms with E-state index in [4.69, 9.17) is 9.84 Å². The van der Waals surface area contributed by atoms with Crippen molar-refractivity contribution in [2.75, 3.05) is 7.11 Å². The monoisotopic (exact) mass is 202 g/mol. The van der Waals surface area contributed by atoms with Gasteiger partial charge in [-0.1, -0.05) is 0 Å². The quantitative estimate of drug-likeness (QED) is 0.811. The minimum absolute atomic E-state index is 0.0120. The lowest BCUT2D eigenvalue weighted by atomic mass is 10.1. The maximum Gasteiger partial charge on any atom is 0.171 e. The van der Waals surface area contributed by atoms with Gasteiger partial charge in [-0.05, 0) is 19.1 Å². The van der Waals surface area contributed by atoms with Crippen LogP contribution in [0.4, 0.5) is 8.78 Å². The summed E-state index contributed by atoms with van der Waals surface area (Å²) in [5, 5.41) is 9.04. The summed E-state index contributed by atoms with van der Waals surface area (Å²) >= 11 is 0. The van der Waals surface area contributed by atoms with Crippen molar-refractivity contribution in [2.45, 2.75) is 19.4 Å². The highest BCUT2D eigenvalue weighted by atomic mass is 19.1. The van der Waals surface area contributed by atoms with Gasteiger partial charge in [-0.3, -0.25) is 0 Å². The molecule has 0 aliphatic rings. The molecule has 1 aromatic rings.